The van der Waals surface area contributed by atoms with Crippen molar-refractivity contribution in [3.63, 3.8) is 0 Å². The number of halogens is 3. The third kappa shape index (κ3) is 3.30. The third-order valence-electron chi connectivity index (χ3n) is 3.29. The minimum absolute atomic E-state index is 0.155. The van der Waals surface area contributed by atoms with E-state index >= 15 is 0 Å². The van der Waals surface area contributed by atoms with Gasteiger partial charge in [-0.05, 0) is 36.4 Å². The average Bonchev–Trinajstić information content (AvgIpc) is 2.97. The van der Waals surface area contributed by atoms with Crippen molar-refractivity contribution in [3.8, 4) is 11.3 Å². The summed E-state index contributed by atoms with van der Waals surface area (Å²) in [4.78, 5) is 4.71. The molecule has 0 N–H and O–H groups in total. The maximum absolute atomic E-state index is 13.7. The first-order valence-electron chi connectivity index (χ1n) is 6.97. The molecule has 0 fully saturated rings. The molecular formula is C17H12F3N3S. The van der Waals surface area contributed by atoms with Gasteiger partial charge < -0.3 is 0 Å². The first-order chi connectivity index (χ1) is 11.6. The summed E-state index contributed by atoms with van der Waals surface area (Å²) in [5.41, 5.74) is 1.60. The number of hydrogen-bond donors (Lipinski definition) is 0. The van der Waals surface area contributed by atoms with Gasteiger partial charge in [-0.3, -0.25) is 4.99 Å². The molecule has 24 heavy (non-hydrogen) atoms. The SMILES string of the molecule is CN=c1scc(-c2ccc(F)cc2)n1/N=C\c1ccc(F)cc1F. The summed E-state index contributed by atoms with van der Waals surface area (Å²) in [6, 6.07) is 9.22. The highest BCUT2D eigenvalue weighted by atomic mass is 32.1. The molecule has 0 bridgehead atoms. The Morgan fingerprint density at radius 1 is 1.00 bits per heavy atom. The number of nitrogens with zero attached hydrogens (tertiary/aromatic N) is 3. The zero-order valence-electron chi connectivity index (χ0n) is 12.6. The second kappa shape index (κ2) is 6.84. The van der Waals surface area contributed by atoms with Crippen LogP contribution in [0.15, 0.2) is 57.9 Å². The molecule has 0 amide bonds. The zero-order chi connectivity index (χ0) is 17.1. The lowest BCUT2D eigenvalue weighted by Gasteiger charge is -2.03. The normalized spacial score (nSPS) is 12.2. The van der Waals surface area contributed by atoms with Crippen LogP contribution in [0.1, 0.15) is 5.56 Å². The molecule has 0 aliphatic rings. The fourth-order valence-electron chi connectivity index (χ4n) is 2.11. The van der Waals surface area contributed by atoms with Gasteiger partial charge >= 0.3 is 0 Å². The molecule has 0 atom stereocenters. The maximum atomic E-state index is 13.7. The standard InChI is InChI=1S/C17H12F3N3S/c1-21-17-23(22-9-12-4-7-14(19)8-15(12)20)16(10-24-17)11-2-5-13(18)6-3-11/h2-10H,1H3/b21-17?,22-9-. The van der Waals surface area contributed by atoms with Gasteiger partial charge in [0, 0.05) is 29.6 Å². The first-order valence-corrected chi connectivity index (χ1v) is 7.85. The van der Waals surface area contributed by atoms with E-state index in [9.17, 15) is 13.2 Å². The molecule has 1 aromatic heterocycles. The molecular weight excluding hydrogens is 335 g/mol. The Balaban J connectivity index is 2.05. The van der Waals surface area contributed by atoms with Crippen LogP contribution < -0.4 is 4.80 Å². The Hall–Kier alpha value is -2.67. The Labute approximate surface area is 140 Å². The van der Waals surface area contributed by atoms with Gasteiger partial charge in [-0.2, -0.15) is 5.10 Å². The summed E-state index contributed by atoms with van der Waals surface area (Å²) in [5, 5.41) is 6.08. The predicted octanol–water partition coefficient (Wildman–Crippen LogP) is 4.05. The monoisotopic (exact) mass is 347 g/mol. The van der Waals surface area contributed by atoms with Crippen molar-refractivity contribution in [1.29, 1.82) is 0 Å². The summed E-state index contributed by atoms with van der Waals surface area (Å²) < 4.78 is 41.3. The average molecular weight is 347 g/mol. The van der Waals surface area contributed by atoms with E-state index in [1.54, 1.807) is 19.2 Å². The number of benzene rings is 2. The highest BCUT2D eigenvalue weighted by molar-refractivity contribution is 7.07. The highest BCUT2D eigenvalue weighted by Crippen LogP contribution is 2.20. The van der Waals surface area contributed by atoms with Crippen molar-refractivity contribution in [2.75, 3.05) is 7.05 Å². The molecule has 0 aliphatic carbocycles. The fraction of sp³-hybridized carbons (Fsp3) is 0.0588. The molecule has 7 heteroatoms. The van der Waals surface area contributed by atoms with Crippen molar-refractivity contribution in [2.45, 2.75) is 0 Å². The van der Waals surface area contributed by atoms with Crippen molar-refractivity contribution in [1.82, 2.24) is 4.68 Å². The second-order valence-corrected chi connectivity index (χ2v) is 5.69. The molecule has 3 rings (SSSR count). The van der Waals surface area contributed by atoms with Gasteiger partial charge in [0.25, 0.3) is 0 Å². The lowest BCUT2D eigenvalue weighted by molar-refractivity contribution is 0.582. The lowest BCUT2D eigenvalue weighted by atomic mass is 10.2. The van der Waals surface area contributed by atoms with Crippen LogP contribution in [0.5, 0.6) is 0 Å². The van der Waals surface area contributed by atoms with Crippen LogP contribution in [0.2, 0.25) is 0 Å². The van der Waals surface area contributed by atoms with Crippen molar-refractivity contribution in [3.05, 3.63) is 75.7 Å². The van der Waals surface area contributed by atoms with Crippen LogP contribution >= 0.6 is 11.3 Å². The van der Waals surface area contributed by atoms with Gasteiger partial charge in [0.15, 0.2) is 0 Å². The highest BCUT2D eigenvalue weighted by Gasteiger charge is 2.08. The number of aromatic nitrogens is 1. The molecule has 2 aromatic carbocycles. The van der Waals surface area contributed by atoms with E-state index in [1.807, 2.05) is 5.38 Å². The minimum Gasteiger partial charge on any atom is -0.261 e. The predicted molar refractivity (Wildman–Crippen MR) is 88.5 cm³/mol. The minimum atomic E-state index is -0.701. The molecule has 0 radical (unpaired) electrons. The van der Waals surface area contributed by atoms with Gasteiger partial charge in [-0.1, -0.05) is 0 Å². The van der Waals surface area contributed by atoms with E-state index in [0.29, 0.717) is 10.5 Å². The van der Waals surface area contributed by atoms with Gasteiger partial charge in [-0.15, -0.1) is 11.3 Å². The largest absolute Gasteiger partial charge is 0.261 e. The van der Waals surface area contributed by atoms with E-state index in [2.05, 4.69) is 10.1 Å². The smallest absolute Gasteiger partial charge is 0.205 e. The molecule has 0 saturated heterocycles. The Kier molecular flexibility index (Phi) is 4.61. The van der Waals surface area contributed by atoms with E-state index in [0.717, 1.165) is 17.7 Å². The zero-order valence-corrected chi connectivity index (χ0v) is 13.4. The Bertz CT molecular complexity index is 956. The van der Waals surface area contributed by atoms with Gasteiger partial charge in [0.05, 0.1) is 11.9 Å². The second-order valence-electron chi connectivity index (χ2n) is 4.86. The van der Waals surface area contributed by atoms with Crippen LogP contribution in [0.25, 0.3) is 11.3 Å². The van der Waals surface area contributed by atoms with Crippen LogP contribution in [-0.2, 0) is 0 Å². The number of thiazole rings is 1. The van der Waals surface area contributed by atoms with Crippen molar-refractivity contribution in [2.24, 2.45) is 10.1 Å². The molecule has 3 nitrogen and oxygen atoms in total. The van der Waals surface area contributed by atoms with Gasteiger partial charge in [0.2, 0.25) is 4.80 Å². The number of rotatable bonds is 3. The van der Waals surface area contributed by atoms with E-state index in [-0.39, 0.29) is 11.4 Å². The summed E-state index contributed by atoms with van der Waals surface area (Å²) in [7, 11) is 1.62. The van der Waals surface area contributed by atoms with Gasteiger partial charge in [0.1, 0.15) is 17.5 Å². The molecule has 0 aliphatic heterocycles. The Morgan fingerprint density at radius 2 is 1.71 bits per heavy atom. The number of hydrogen-bond acceptors (Lipinski definition) is 3. The molecule has 0 saturated carbocycles. The summed E-state index contributed by atoms with van der Waals surface area (Å²) >= 11 is 1.35. The maximum Gasteiger partial charge on any atom is 0.205 e. The third-order valence-corrected chi connectivity index (χ3v) is 4.20. The van der Waals surface area contributed by atoms with Crippen LogP contribution in [0, 0.1) is 17.5 Å². The fourth-order valence-corrected chi connectivity index (χ4v) is 2.91. The van der Waals surface area contributed by atoms with Crippen LogP contribution in [0.3, 0.4) is 0 Å². The molecule has 1 heterocycles. The summed E-state index contributed by atoms with van der Waals surface area (Å²) in [5.74, 6) is -1.69. The molecule has 122 valence electrons. The van der Waals surface area contributed by atoms with Crippen LogP contribution in [0.4, 0.5) is 13.2 Å². The van der Waals surface area contributed by atoms with E-state index < -0.39 is 11.6 Å². The van der Waals surface area contributed by atoms with Crippen molar-refractivity contribution < 1.29 is 13.2 Å². The first kappa shape index (κ1) is 16.2. The van der Waals surface area contributed by atoms with E-state index in [1.165, 1.54) is 40.4 Å². The molecule has 3 aromatic rings. The molecule has 0 unspecified atom stereocenters. The molecule has 0 spiro atoms. The lowest BCUT2D eigenvalue weighted by Crippen LogP contribution is -2.11. The topological polar surface area (TPSA) is 29.6 Å². The van der Waals surface area contributed by atoms with Crippen molar-refractivity contribution >= 4 is 17.6 Å². The van der Waals surface area contributed by atoms with Crippen LogP contribution in [-0.4, -0.2) is 17.9 Å². The Morgan fingerprint density at radius 3 is 2.38 bits per heavy atom. The van der Waals surface area contributed by atoms with E-state index in [4.69, 9.17) is 0 Å². The quantitative estimate of drug-likeness (QED) is 0.640. The summed E-state index contributed by atoms with van der Waals surface area (Å²) in [6.07, 6.45) is 1.29. The van der Waals surface area contributed by atoms with Gasteiger partial charge in [-0.25, -0.2) is 17.8 Å². The summed E-state index contributed by atoms with van der Waals surface area (Å²) in [6.45, 7) is 0.